The quantitative estimate of drug-likeness (QED) is 0.673. The lowest BCUT2D eigenvalue weighted by atomic mass is 10.2. The Balaban J connectivity index is 1.57. The monoisotopic (exact) mass is 332 g/mol. The maximum Gasteiger partial charge on any atom is 0.248 e. The first-order chi connectivity index (χ1) is 12.2. The summed E-state index contributed by atoms with van der Waals surface area (Å²) in [5.74, 6) is 0.454. The molecule has 3 rings (SSSR count). The predicted molar refractivity (Wildman–Crippen MR) is 101 cm³/mol. The highest BCUT2D eigenvalue weighted by Gasteiger charge is 2.03. The molecule has 0 saturated heterocycles. The van der Waals surface area contributed by atoms with Gasteiger partial charge >= 0.3 is 0 Å². The number of furan rings is 1. The third-order valence-corrected chi connectivity index (χ3v) is 3.78. The molecule has 0 spiro atoms. The molecular weight excluding hydrogens is 312 g/mol. The molecule has 1 amide bonds. The number of carbonyl (C=O) groups is 1. The number of nitrogens with zero attached hydrogens (tertiary/aromatic N) is 1. The van der Waals surface area contributed by atoms with Crippen LogP contribution in [0.4, 0.5) is 11.4 Å². The van der Waals surface area contributed by atoms with E-state index in [2.05, 4.69) is 22.3 Å². The van der Waals surface area contributed by atoms with Gasteiger partial charge in [0.05, 0.1) is 6.26 Å². The largest absolute Gasteiger partial charge is 0.465 e. The molecule has 0 aliphatic rings. The molecule has 3 aromatic rings. The van der Waals surface area contributed by atoms with Crippen LogP contribution in [-0.4, -0.2) is 13.0 Å². The van der Waals surface area contributed by atoms with Crippen LogP contribution in [0, 0.1) is 0 Å². The van der Waals surface area contributed by atoms with Gasteiger partial charge in [-0.3, -0.25) is 4.79 Å². The van der Waals surface area contributed by atoms with Gasteiger partial charge in [-0.05, 0) is 48.0 Å². The van der Waals surface area contributed by atoms with Crippen molar-refractivity contribution in [1.82, 2.24) is 0 Å². The first kappa shape index (κ1) is 16.6. The fourth-order valence-electron chi connectivity index (χ4n) is 2.48. The molecule has 2 aromatic carbocycles. The second-order valence-electron chi connectivity index (χ2n) is 5.73. The van der Waals surface area contributed by atoms with Crippen LogP contribution >= 0.6 is 0 Å². The van der Waals surface area contributed by atoms with Gasteiger partial charge < -0.3 is 14.6 Å². The first-order valence-corrected chi connectivity index (χ1v) is 8.08. The minimum atomic E-state index is -0.193. The fourth-order valence-corrected chi connectivity index (χ4v) is 2.48. The van der Waals surface area contributed by atoms with Crippen LogP contribution in [-0.2, 0) is 11.3 Å². The molecule has 0 radical (unpaired) electrons. The molecule has 0 saturated carbocycles. The third-order valence-electron chi connectivity index (χ3n) is 3.78. The average molecular weight is 332 g/mol. The molecule has 0 unspecified atom stereocenters. The standard InChI is InChI=1S/C21H20N2O2/c1-23(16-17-6-3-2-4-7-17)19-11-9-18(10-12-19)22-21(24)14-13-20-8-5-15-25-20/h2-15H,16H2,1H3,(H,22,24)/b14-13+. The summed E-state index contributed by atoms with van der Waals surface area (Å²) in [5, 5.41) is 2.83. The Kier molecular flexibility index (Phi) is 5.32. The fraction of sp³-hybridized carbons (Fsp3) is 0.0952. The van der Waals surface area contributed by atoms with Crippen LogP contribution in [0.25, 0.3) is 6.08 Å². The Labute approximate surface area is 147 Å². The summed E-state index contributed by atoms with van der Waals surface area (Å²) in [6, 6.07) is 21.7. The van der Waals surface area contributed by atoms with E-state index in [-0.39, 0.29) is 5.91 Å². The number of hydrogen-bond acceptors (Lipinski definition) is 3. The summed E-state index contributed by atoms with van der Waals surface area (Å²) in [4.78, 5) is 14.1. The van der Waals surface area contributed by atoms with Crippen LogP contribution in [0.15, 0.2) is 83.5 Å². The highest BCUT2D eigenvalue weighted by atomic mass is 16.3. The van der Waals surface area contributed by atoms with Crippen LogP contribution in [0.2, 0.25) is 0 Å². The topological polar surface area (TPSA) is 45.5 Å². The van der Waals surface area contributed by atoms with Crippen molar-refractivity contribution in [1.29, 1.82) is 0 Å². The highest BCUT2D eigenvalue weighted by molar-refractivity contribution is 6.01. The number of rotatable bonds is 6. The SMILES string of the molecule is CN(Cc1ccccc1)c1ccc(NC(=O)/C=C/c2ccco2)cc1. The Morgan fingerprint density at radius 2 is 1.80 bits per heavy atom. The summed E-state index contributed by atoms with van der Waals surface area (Å²) >= 11 is 0. The summed E-state index contributed by atoms with van der Waals surface area (Å²) in [7, 11) is 2.05. The van der Waals surface area contributed by atoms with Gasteiger partial charge in [-0.25, -0.2) is 0 Å². The number of anilines is 2. The molecule has 25 heavy (non-hydrogen) atoms. The van der Waals surface area contributed by atoms with Crippen LogP contribution in [0.3, 0.4) is 0 Å². The van der Waals surface area contributed by atoms with Gasteiger partial charge in [-0.15, -0.1) is 0 Å². The lowest BCUT2D eigenvalue weighted by Gasteiger charge is -2.19. The number of carbonyl (C=O) groups excluding carboxylic acids is 1. The summed E-state index contributed by atoms with van der Waals surface area (Å²) < 4.78 is 5.15. The van der Waals surface area contributed by atoms with Crippen molar-refractivity contribution in [3.8, 4) is 0 Å². The van der Waals surface area contributed by atoms with Crippen LogP contribution in [0.5, 0.6) is 0 Å². The summed E-state index contributed by atoms with van der Waals surface area (Å²) in [6.45, 7) is 0.832. The van der Waals surface area contributed by atoms with E-state index in [1.54, 1.807) is 24.5 Å². The van der Waals surface area contributed by atoms with E-state index in [1.807, 2.05) is 49.5 Å². The van der Waals surface area contributed by atoms with Gasteiger partial charge in [0.15, 0.2) is 0 Å². The van der Waals surface area contributed by atoms with E-state index in [9.17, 15) is 4.79 Å². The van der Waals surface area contributed by atoms with E-state index in [1.165, 1.54) is 11.6 Å². The number of nitrogens with one attached hydrogen (secondary N) is 1. The molecule has 0 aliphatic heterocycles. The second-order valence-corrected chi connectivity index (χ2v) is 5.73. The molecule has 1 aromatic heterocycles. The maximum absolute atomic E-state index is 11.9. The van der Waals surface area contributed by atoms with Crippen molar-refractivity contribution >= 4 is 23.4 Å². The van der Waals surface area contributed by atoms with E-state index in [0.717, 1.165) is 17.9 Å². The number of benzene rings is 2. The maximum atomic E-state index is 11.9. The Bertz CT molecular complexity index is 822. The van der Waals surface area contributed by atoms with Crippen molar-refractivity contribution in [2.24, 2.45) is 0 Å². The zero-order valence-electron chi connectivity index (χ0n) is 14.1. The molecule has 4 heteroatoms. The minimum absolute atomic E-state index is 0.193. The molecule has 0 atom stereocenters. The number of hydrogen-bond donors (Lipinski definition) is 1. The average Bonchev–Trinajstić information content (AvgIpc) is 3.15. The smallest absolute Gasteiger partial charge is 0.248 e. The van der Waals surface area contributed by atoms with Crippen LogP contribution < -0.4 is 10.2 Å². The van der Waals surface area contributed by atoms with Gasteiger partial charge in [0.1, 0.15) is 5.76 Å². The normalized spacial score (nSPS) is 10.8. The van der Waals surface area contributed by atoms with Gasteiger partial charge in [0.2, 0.25) is 5.91 Å². The highest BCUT2D eigenvalue weighted by Crippen LogP contribution is 2.19. The van der Waals surface area contributed by atoms with E-state index in [4.69, 9.17) is 4.42 Å². The lowest BCUT2D eigenvalue weighted by Crippen LogP contribution is -2.16. The van der Waals surface area contributed by atoms with Gasteiger partial charge in [-0.1, -0.05) is 30.3 Å². The molecule has 0 fully saturated rings. The van der Waals surface area contributed by atoms with Gasteiger partial charge in [0, 0.05) is 31.0 Å². The van der Waals surface area contributed by atoms with Crippen molar-refractivity contribution < 1.29 is 9.21 Å². The van der Waals surface area contributed by atoms with E-state index in [0.29, 0.717) is 5.76 Å². The van der Waals surface area contributed by atoms with Gasteiger partial charge in [0.25, 0.3) is 0 Å². The molecule has 1 N–H and O–H groups in total. The third kappa shape index (κ3) is 4.85. The zero-order valence-corrected chi connectivity index (χ0v) is 14.1. The van der Waals surface area contributed by atoms with Gasteiger partial charge in [-0.2, -0.15) is 0 Å². The molecule has 0 aliphatic carbocycles. The van der Waals surface area contributed by atoms with Crippen LogP contribution in [0.1, 0.15) is 11.3 Å². The molecule has 126 valence electrons. The summed E-state index contributed by atoms with van der Waals surface area (Å²) in [5.41, 5.74) is 3.10. The molecular formula is C21H20N2O2. The molecule has 4 nitrogen and oxygen atoms in total. The Hall–Kier alpha value is -3.27. The number of amides is 1. The molecule has 1 heterocycles. The van der Waals surface area contributed by atoms with E-state index >= 15 is 0 Å². The van der Waals surface area contributed by atoms with Crippen molar-refractivity contribution in [3.63, 3.8) is 0 Å². The zero-order chi connectivity index (χ0) is 17.5. The first-order valence-electron chi connectivity index (χ1n) is 8.08. The van der Waals surface area contributed by atoms with Crippen molar-refractivity contribution in [2.45, 2.75) is 6.54 Å². The van der Waals surface area contributed by atoms with E-state index < -0.39 is 0 Å². The second kappa shape index (κ2) is 8.02. The summed E-state index contributed by atoms with van der Waals surface area (Å²) in [6.07, 6.45) is 4.66. The lowest BCUT2D eigenvalue weighted by molar-refractivity contribution is -0.111. The molecule has 0 bridgehead atoms. The van der Waals surface area contributed by atoms with Crippen molar-refractivity contribution in [3.05, 3.63) is 90.4 Å². The predicted octanol–water partition coefficient (Wildman–Crippen LogP) is 4.57. The van der Waals surface area contributed by atoms with Crippen molar-refractivity contribution in [2.75, 3.05) is 17.3 Å². The Morgan fingerprint density at radius 1 is 1.04 bits per heavy atom. The Morgan fingerprint density at radius 3 is 2.48 bits per heavy atom. The minimum Gasteiger partial charge on any atom is -0.465 e.